The van der Waals surface area contributed by atoms with Crippen molar-refractivity contribution >= 4 is 0 Å². The summed E-state index contributed by atoms with van der Waals surface area (Å²) in [5, 5.41) is 9.68. The second kappa shape index (κ2) is 4.25. The molecule has 18 heavy (non-hydrogen) atoms. The van der Waals surface area contributed by atoms with Crippen LogP contribution in [-0.4, -0.2) is 31.5 Å². The Morgan fingerprint density at radius 2 is 1.89 bits per heavy atom. The Bertz CT molecular complexity index is 416. The summed E-state index contributed by atoms with van der Waals surface area (Å²) in [6, 6.07) is 8.30. The highest BCUT2D eigenvalue weighted by atomic mass is 16.5. The largest absolute Gasteiger partial charge is 0.494 e. The van der Waals surface area contributed by atoms with Gasteiger partial charge in [0.1, 0.15) is 5.75 Å². The van der Waals surface area contributed by atoms with Crippen molar-refractivity contribution in [3.05, 3.63) is 29.8 Å². The molecule has 98 valence electrons. The maximum Gasteiger partial charge on any atom is 0.119 e. The van der Waals surface area contributed by atoms with E-state index in [2.05, 4.69) is 12.1 Å². The van der Waals surface area contributed by atoms with Crippen molar-refractivity contribution in [2.24, 2.45) is 5.41 Å². The molecule has 1 aliphatic carbocycles. The molecule has 0 radical (unpaired) electrons. The first-order valence-electron chi connectivity index (χ1n) is 6.68. The first-order valence-corrected chi connectivity index (χ1v) is 6.68. The topological polar surface area (TPSA) is 38.7 Å². The summed E-state index contributed by atoms with van der Waals surface area (Å²) in [4.78, 5) is 0. The lowest BCUT2D eigenvalue weighted by Crippen LogP contribution is -2.54. The van der Waals surface area contributed by atoms with E-state index in [0.29, 0.717) is 6.61 Å². The minimum atomic E-state index is 0.0342. The SMILES string of the molecule is CCOc1ccc(C2(C3(CO)CC3)COC2)cc1. The van der Waals surface area contributed by atoms with Gasteiger partial charge in [0.05, 0.1) is 19.8 Å². The zero-order chi connectivity index (χ0) is 12.6. The van der Waals surface area contributed by atoms with Crippen LogP contribution in [0.4, 0.5) is 0 Å². The van der Waals surface area contributed by atoms with Gasteiger partial charge in [0.2, 0.25) is 0 Å². The van der Waals surface area contributed by atoms with E-state index in [-0.39, 0.29) is 17.4 Å². The third-order valence-electron chi connectivity index (χ3n) is 4.59. The molecule has 0 amide bonds. The van der Waals surface area contributed by atoms with Crippen LogP contribution in [0.1, 0.15) is 25.3 Å². The molecule has 1 aromatic rings. The number of ether oxygens (including phenoxy) is 2. The second-order valence-corrected chi connectivity index (χ2v) is 5.47. The molecule has 1 heterocycles. The fraction of sp³-hybridized carbons (Fsp3) is 0.600. The van der Waals surface area contributed by atoms with Crippen LogP contribution in [0.2, 0.25) is 0 Å². The average molecular weight is 248 g/mol. The number of hydrogen-bond donors (Lipinski definition) is 1. The second-order valence-electron chi connectivity index (χ2n) is 5.47. The molecule has 2 fully saturated rings. The van der Waals surface area contributed by atoms with Gasteiger partial charge in [0, 0.05) is 17.4 Å². The molecule has 0 aromatic heterocycles. The van der Waals surface area contributed by atoms with Gasteiger partial charge >= 0.3 is 0 Å². The zero-order valence-electron chi connectivity index (χ0n) is 10.8. The fourth-order valence-electron chi connectivity index (χ4n) is 3.06. The molecule has 1 saturated carbocycles. The summed E-state index contributed by atoms with van der Waals surface area (Å²) >= 11 is 0. The van der Waals surface area contributed by atoms with Crippen molar-refractivity contribution in [3.8, 4) is 5.75 Å². The monoisotopic (exact) mass is 248 g/mol. The van der Waals surface area contributed by atoms with Gasteiger partial charge in [0.15, 0.2) is 0 Å². The molecular formula is C15H20O3. The Morgan fingerprint density at radius 3 is 2.28 bits per heavy atom. The molecule has 2 aliphatic rings. The predicted octanol–water partition coefficient (Wildman–Crippen LogP) is 2.13. The zero-order valence-corrected chi connectivity index (χ0v) is 10.8. The fourth-order valence-corrected chi connectivity index (χ4v) is 3.06. The van der Waals surface area contributed by atoms with Crippen molar-refractivity contribution in [1.82, 2.24) is 0 Å². The highest BCUT2D eigenvalue weighted by Gasteiger charge is 2.63. The van der Waals surface area contributed by atoms with Crippen LogP contribution >= 0.6 is 0 Å². The molecule has 0 bridgehead atoms. The van der Waals surface area contributed by atoms with Gasteiger partial charge in [-0.1, -0.05) is 12.1 Å². The number of aliphatic hydroxyl groups is 1. The van der Waals surface area contributed by atoms with Crippen LogP contribution in [0.5, 0.6) is 5.75 Å². The molecule has 1 saturated heterocycles. The van der Waals surface area contributed by atoms with Crippen LogP contribution < -0.4 is 4.74 Å². The molecule has 0 spiro atoms. The van der Waals surface area contributed by atoms with E-state index in [1.54, 1.807) is 0 Å². The Kier molecular flexibility index (Phi) is 2.83. The van der Waals surface area contributed by atoms with Gasteiger partial charge in [-0.25, -0.2) is 0 Å². The summed E-state index contributed by atoms with van der Waals surface area (Å²) in [5.41, 5.74) is 1.38. The minimum Gasteiger partial charge on any atom is -0.494 e. The predicted molar refractivity (Wildman–Crippen MR) is 68.9 cm³/mol. The Labute approximate surface area is 108 Å². The van der Waals surface area contributed by atoms with Crippen LogP contribution in [0, 0.1) is 5.41 Å². The average Bonchev–Trinajstić information content (AvgIpc) is 3.12. The van der Waals surface area contributed by atoms with E-state index in [9.17, 15) is 5.11 Å². The van der Waals surface area contributed by atoms with Gasteiger partial charge in [-0.05, 0) is 37.5 Å². The highest BCUT2D eigenvalue weighted by molar-refractivity contribution is 5.38. The van der Waals surface area contributed by atoms with Gasteiger partial charge in [0.25, 0.3) is 0 Å². The molecule has 1 aliphatic heterocycles. The lowest BCUT2D eigenvalue weighted by Gasteiger charge is -2.48. The van der Waals surface area contributed by atoms with Crippen molar-refractivity contribution in [1.29, 1.82) is 0 Å². The van der Waals surface area contributed by atoms with E-state index in [1.165, 1.54) is 5.56 Å². The van der Waals surface area contributed by atoms with Gasteiger partial charge in [-0.3, -0.25) is 0 Å². The summed E-state index contributed by atoms with van der Waals surface area (Å²) < 4.78 is 10.9. The number of benzene rings is 1. The van der Waals surface area contributed by atoms with Crippen molar-refractivity contribution in [3.63, 3.8) is 0 Å². The summed E-state index contributed by atoms with van der Waals surface area (Å²) in [6.07, 6.45) is 2.22. The Morgan fingerprint density at radius 1 is 1.22 bits per heavy atom. The quantitative estimate of drug-likeness (QED) is 0.867. The third kappa shape index (κ3) is 1.57. The smallest absolute Gasteiger partial charge is 0.119 e. The van der Waals surface area contributed by atoms with Crippen molar-refractivity contribution < 1.29 is 14.6 Å². The molecule has 0 atom stereocenters. The molecule has 3 rings (SSSR count). The lowest BCUT2D eigenvalue weighted by atomic mass is 9.66. The van der Waals surface area contributed by atoms with Crippen LogP contribution in [0.3, 0.4) is 0 Å². The minimum absolute atomic E-state index is 0.0342. The van der Waals surface area contributed by atoms with Gasteiger partial charge in [-0.15, -0.1) is 0 Å². The third-order valence-corrected chi connectivity index (χ3v) is 4.59. The maximum absolute atomic E-state index is 9.68. The molecule has 1 N–H and O–H groups in total. The van der Waals surface area contributed by atoms with Gasteiger partial charge < -0.3 is 14.6 Å². The highest BCUT2D eigenvalue weighted by Crippen LogP contribution is 2.62. The van der Waals surface area contributed by atoms with E-state index >= 15 is 0 Å². The van der Waals surface area contributed by atoms with Crippen LogP contribution in [0.25, 0.3) is 0 Å². The molecule has 3 nitrogen and oxygen atoms in total. The summed E-state index contributed by atoms with van der Waals surface area (Å²) in [5.74, 6) is 0.908. The summed E-state index contributed by atoms with van der Waals surface area (Å²) in [6.45, 7) is 4.42. The normalized spacial score (nSPS) is 23.2. The first-order chi connectivity index (χ1) is 8.76. The maximum atomic E-state index is 9.68. The van der Waals surface area contributed by atoms with E-state index in [0.717, 1.165) is 31.8 Å². The van der Waals surface area contributed by atoms with Gasteiger partial charge in [-0.2, -0.15) is 0 Å². The summed E-state index contributed by atoms with van der Waals surface area (Å²) in [7, 11) is 0. The number of rotatable bonds is 5. The standard InChI is InChI=1S/C15H20O3/c1-2-18-13-5-3-12(4-6-13)15(10-17-11-15)14(9-16)7-8-14/h3-6,16H,2,7-11H2,1H3. The van der Waals surface area contributed by atoms with Crippen molar-refractivity contribution in [2.75, 3.05) is 26.4 Å². The molecule has 1 aromatic carbocycles. The number of hydrogen-bond acceptors (Lipinski definition) is 3. The van der Waals surface area contributed by atoms with Crippen LogP contribution in [0.15, 0.2) is 24.3 Å². The first kappa shape index (κ1) is 12.0. The van der Waals surface area contributed by atoms with E-state index in [1.807, 2.05) is 19.1 Å². The Balaban J connectivity index is 1.88. The van der Waals surface area contributed by atoms with E-state index in [4.69, 9.17) is 9.47 Å². The number of aliphatic hydroxyl groups excluding tert-OH is 1. The molecule has 3 heteroatoms. The van der Waals surface area contributed by atoms with Crippen molar-refractivity contribution in [2.45, 2.75) is 25.2 Å². The molecular weight excluding hydrogens is 228 g/mol. The molecule has 0 unspecified atom stereocenters. The Hall–Kier alpha value is -1.06. The van der Waals surface area contributed by atoms with E-state index < -0.39 is 0 Å². The van der Waals surface area contributed by atoms with Crippen LogP contribution in [-0.2, 0) is 10.2 Å². The lowest BCUT2D eigenvalue weighted by molar-refractivity contribution is -0.110.